The predicted octanol–water partition coefficient (Wildman–Crippen LogP) is 1.00. The summed E-state index contributed by atoms with van der Waals surface area (Å²) < 4.78 is 5.24. The lowest BCUT2D eigenvalue weighted by atomic mass is 10.3. The molecule has 0 saturated carbocycles. The van der Waals surface area contributed by atoms with Crippen molar-refractivity contribution in [3.05, 3.63) is 11.8 Å². The Morgan fingerprint density at radius 2 is 2.00 bits per heavy atom. The van der Waals surface area contributed by atoms with Crippen LogP contribution in [0, 0.1) is 6.92 Å². The van der Waals surface area contributed by atoms with Gasteiger partial charge in [-0.25, -0.2) is 0 Å². The maximum Gasteiger partial charge on any atom is 0.233 e. The van der Waals surface area contributed by atoms with Gasteiger partial charge in [0.05, 0.1) is 6.04 Å². The molecule has 0 fully saturated rings. The highest BCUT2D eigenvalue weighted by molar-refractivity contribution is 4.85. The Labute approximate surface area is 66.2 Å². The van der Waals surface area contributed by atoms with Crippen LogP contribution in [-0.2, 0) is 0 Å². The van der Waals surface area contributed by atoms with E-state index in [9.17, 15) is 0 Å². The van der Waals surface area contributed by atoms with Gasteiger partial charge in [0.1, 0.15) is 0 Å². The molecule has 1 unspecified atom stereocenters. The van der Waals surface area contributed by atoms with Crippen molar-refractivity contribution in [2.75, 3.05) is 14.1 Å². The molecule has 4 heteroatoms. The van der Waals surface area contributed by atoms with Gasteiger partial charge in [-0.05, 0) is 21.0 Å². The van der Waals surface area contributed by atoms with E-state index in [1.54, 1.807) is 6.92 Å². The summed E-state index contributed by atoms with van der Waals surface area (Å²) in [6.45, 7) is 3.81. The van der Waals surface area contributed by atoms with Crippen molar-refractivity contribution in [2.24, 2.45) is 0 Å². The standard InChI is InChI=1S/C7H13N3O/c1-5(10(3)4)7-9-8-6(2)11-7/h5H,1-4H3. The number of aromatic nitrogens is 2. The molecule has 0 radical (unpaired) electrons. The SMILES string of the molecule is Cc1nnc(C(C)N(C)C)o1. The van der Waals surface area contributed by atoms with E-state index in [0.717, 1.165) is 0 Å². The maximum atomic E-state index is 5.24. The average Bonchev–Trinajstić information content (AvgIpc) is 2.34. The van der Waals surface area contributed by atoms with Crippen LogP contribution < -0.4 is 0 Å². The molecule has 0 saturated heterocycles. The minimum Gasteiger partial charge on any atom is -0.424 e. The van der Waals surface area contributed by atoms with Crippen LogP contribution in [0.1, 0.15) is 24.7 Å². The van der Waals surface area contributed by atoms with Crippen molar-refractivity contribution in [1.29, 1.82) is 0 Å². The Balaban J connectivity index is 2.76. The molecular weight excluding hydrogens is 142 g/mol. The highest BCUT2D eigenvalue weighted by Crippen LogP contribution is 2.14. The van der Waals surface area contributed by atoms with Gasteiger partial charge in [0.2, 0.25) is 11.8 Å². The van der Waals surface area contributed by atoms with Crippen LogP contribution in [0.15, 0.2) is 4.42 Å². The van der Waals surface area contributed by atoms with Gasteiger partial charge in [-0.15, -0.1) is 10.2 Å². The minimum atomic E-state index is 0.191. The fraction of sp³-hybridized carbons (Fsp3) is 0.714. The zero-order valence-corrected chi connectivity index (χ0v) is 7.33. The summed E-state index contributed by atoms with van der Waals surface area (Å²) in [4.78, 5) is 2.02. The van der Waals surface area contributed by atoms with Gasteiger partial charge in [-0.2, -0.15) is 0 Å². The molecule has 1 rings (SSSR count). The zero-order chi connectivity index (χ0) is 8.43. The van der Waals surface area contributed by atoms with Gasteiger partial charge in [0.25, 0.3) is 0 Å². The zero-order valence-electron chi connectivity index (χ0n) is 7.33. The van der Waals surface area contributed by atoms with Crippen LogP contribution >= 0.6 is 0 Å². The number of nitrogens with zero attached hydrogens (tertiary/aromatic N) is 3. The molecule has 0 N–H and O–H groups in total. The fourth-order valence-electron chi connectivity index (χ4n) is 0.702. The molecule has 0 spiro atoms. The van der Waals surface area contributed by atoms with Crippen molar-refractivity contribution >= 4 is 0 Å². The average molecular weight is 155 g/mol. The van der Waals surface area contributed by atoms with Crippen molar-refractivity contribution in [3.63, 3.8) is 0 Å². The third-order valence-electron chi connectivity index (χ3n) is 1.67. The van der Waals surface area contributed by atoms with Gasteiger partial charge in [0.15, 0.2) is 0 Å². The molecule has 0 bridgehead atoms. The molecule has 0 amide bonds. The predicted molar refractivity (Wildman–Crippen MR) is 41.1 cm³/mol. The first-order valence-electron chi connectivity index (χ1n) is 3.57. The Hall–Kier alpha value is -0.900. The van der Waals surface area contributed by atoms with E-state index in [1.165, 1.54) is 0 Å². The largest absolute Gasteiger partial charge is 0.424 e. The van der Waals surface area contributed by atoms with Gasteiger partial charge in [0, 0.05) is 6.92 Å². The maximum absolute atomic E-state index is 5.24. The molecule has 4 nitrogen and oxygen atoms in total. The van der Waals surface area contributed by atoms with E-state index in [0.29, 0.717) is 11.8 Å². The third-order valence-corrected chi connectivity index (χ3v) is 1.67. The van der Waals surface area contributed by atoms with E-state index in [1.807, 2.05) is 25.9 Å². The first-order valence-corrected chi connectivity index (χ1v) is 3.57. The topological polar surface area (TPSA) is 42.2 Å². The lowest BCUT2D eigenvalue weighted by Crippen LogP contribution is -2.16. The van der Waals surface area contributed by atoms with Crippen LogP contribution in [0.2, 0.25) is 0 Å². The Kier molecular flexibility index (Phi) is 2.24. The molecule has 1 aromatic rings. The Bertz CT molecular complexity index is 231. The van der Waals surface area contributed by atoms with Crippen molar-refractivity contribution in [1.82, 2.24) is 15.1 Å². The lowest BCUT2D eigenvalue weighted by Gasteiger charge is -2.14. The van der Waals surface area contributed by atoms with Gasteiger partial charge >= 0.3 is 0 Å². The summed E-state index contributed by atoms with van der Waals surface area (Å²) in [5.74, 6) is 1.29. The second-order valence-corrected chi connectivity index (χ2v) is 2.80. The van der Waals surface area contributed by atoms with E-state index in [2.05, 4.69) is 10.2 Å². The highest BCUT2D eigenvalue weighted by Gasteiger charge is 2.13. The normalized spacial score (nSPS) is 13.9. The molecule has 11 heavy (non-hydrogen) atoms. The van der Waals surface area contributed by atoms with Gasteiger partial charge in [-0.1, -0.05) is 0 Å². The summed E-state index contributed by atoms with van der Waals surface area (Å²) >= 11 is 0. The molecule has 62 valence electrons. The number of hydrogen-bond acceptors (Lipinski definition) is 4. The number of hydrogen-bond donors (Lipinski definition) is 0. The summed E-state index contributed by atoms with van der Waals surface area (Å²) in [6, 6.07) is 0.191. The van der Waals surface area contributed by atoms with Crippen LogP contribution in [0.3, 0.4) is 0 Å². The van der Waals surface area contributed by atoms with Crippen molar-refractivity contribution < 1.29 is 4.42 Å². The second kappa shape index (κ2) is 3.00. The highest BCUT2D eigenvalue weighted by atomic mass is 16.4. The molecule has 1 heterocycles. The Morgan fingerprint density at radius 3 is 2.36 bits per heavy atom. The molecular formula is C7H13N3O. The monoisotopic (exact) mass is 155 g/mol. The van der Waals surface area contributed by atoms with Crippen LogP contribution in [0.25, 0.3) is 0 Å². The van der Waals surface area contributed by atoms with E-state index >= 15 is 0 Å². The number of rotatable bonds is 2. The molecule has 1 atom stereocenters. The lowest BCUT2D eigenvalue weighted by molar-refractivity contribution is 0.266. The van der Waals surface area contributed by atoms with Crippen molar-refractivity contribution in [3.8, 4) is 0 Å². The molecule has 0 aliphatic carbocycles. The Morgan fingerprint density at radius 1 is 1.36 bits per heavy atom. The van der Waals surface area contributed by atoms with Gasteiger partial charge in [-0.3, -0.25) is 4.90 Å². The van der Waals surface area contributed by atoms with Gasteiger partial charge < -0.3 is 4.42 Å². The molecule has 0 aliphatic rings. The number of aryl methyl sites for hydroxylation is 1. The van der Waals surface area contributed by atoms with Crippen LogP contribution in [-0.4, -0.2) is 29.2 Å². The molecule has 0 aromatic carbocycles. The summed E-state index contributed by atoms with van der Waals surface area (Å²) in [5.41, 5.74) is 0. The second-order valence-electron chi connectivity index (χ2n) is 2.80. The summed E-state index contributed by atoms with van der Waals surface area (Å²) in [6.07, 6.45) is 0. The third kappa shape index (κ3) is 1.77. The van der Waals surface area contributed by atoms with Crippen LogP contribution in [0.5, 0.6) is 0 Å². The smallest absolute Gasteiger partial charge is 0.233 e. The van der Waals surface area contributed by atoms with E-state index in [4.69, 9.17) is 4.42 Å². The summed E-state index contributed by atoms with van der Waals surface area (Å²) in [7, 11) is 3.95. The quantitative estimate of drug-likeness (QED) is 0.639. The minimum absolute atomic E-state index is 0.191. The fourth-order valence-corrected chi connectivity index (χ4v) is 0.702. The van der Waals surface area contributed by atoms with Crippen LogP contribution in [0.4, 0.5) is 0 Å². The first-order chi connectivity index (χ1) is 5.11. The van der Waals surface area contributed by atoms with E-state index < -0.39 is 0 Å². The molecule has 1 aromatic heterocycles. The molecule has 0 aliphatic heterocycles. The van der Waals surface area contributed by atoms with Crippen molar-refractivity contribution in [2.45, 2.75) is 19.9 Å². The van der Waals surface area contributed by atoms with E-state index in [-0.39, 0.29) is 6.04 Å². The first kappa shape index (κ1) is 8.20. The summed E-state index contributed by atoms with van der Waals surface area (Å²) in [5, 5.41) is 7.66.